The van der Waals surface area contributed by atoms with Crippen molar-refractivity contribution in [2.45, 2.75) is 13.5 Å². The summed E-state index contributed by atoms with van der Waals surface area (Å²) in [6.07, 6.45) is 0. The number of carbonyl (C=O) groups is 1. The van der Waals surface area contributed by atoms with Crippen LogP contribution in [0.25, 0.3) is 0 Å². The zero-order valence-electron chi connectivity index (χ0n) is 11.4. The second-order valence-corrected chi connectivity index (χ2v) is 4.61. The van der Waals surface area contributed by atoms with Gasteiger partial charge in [-0.05, 0) is 36.8 Å². The maximum atomic E-state index is 10.9. The molecule has 0 amide bonds. The van der Waals surface area contributed by atoms with Crippen molar-refractivity contribution in [3.8, 4) is 0 Å². The fourth-order valence-corrected chi connectivity index (χ4v) is 1.90. The van der Waals surface area contributed by atoms with Gasteiger partial charge in [0, 0.05) is 23.9 Å². The molecule has 0 spiro atoms. The van der Waals surface area contributed by atoms with Gasteiger partial charge in [-0.15, -0.1) is 0 Å². The number of anilines is 1. The minimum atomic E-state index is -0.976. The van der Waals surface area contributed by atoms with Crippen molar-refractivity contribution in [1.82, 2.24) is 0 Å². The molecular formula is C15H14N2O4. The minimum Gasteiger partial charge on any atom is -0.478 e. The zero-order valence-corrected chi connectivity index (χ0v) is 11.4. The molecule has 0 fully saturated rings. The lowest BCUT2D eigenvalue weighted by atomic mass is 10.1. The Morgan fingerprint density at radius 1 is 1.24 bits per heavy atom. The zero-order chi connectivity index (χ0) is 15.4. The maximum Gasteiger partial charge on any atom is 0.335 e. The van der Waals surface area contributed by atoms with E-state index in [1.54, 1.807) is 25.1 Å². The first-order valence-corrected chi connectivity index (χ1v) is 6.28. The largest absolute Gasteiger partial charge is 0.478 e. The van der Waals surface area contributed by atoms with Crippen molar-refractivity contribution in [2.24, 2.45) is 0 Å². The first-order chi connectivity index (χ1) is 9.97. The van der Waals surface area contributed by atoms with Crippen LogP contribution in [0.1, 0.15) is 21.5 Å². The number of hydrogen-bond donors (Lipinski definition) is 2. The third-order valence-electron chi connectivity index (χ3n) is 3.10. The lowest BCUT2D eigenvalue weighted by Crippen LogP contribution is -2.02. The van der Waals surface area contributed by atoms with E-state index in [1.165, 1.54) is 18.2 Å². The predicted octanol–water partition coefficient (Wildman–Crippen LogP) is 3.21. The number of carboxylic acid groups (broad SMARTS) is 1. The number of aryl methyl sites for hydroxylation is 1. The van der Waals surface area contributed by atoms with Crippen LogP contribution >= 0.6 is 0 Å². The molecule has 0 aliphatic carbocycles. The summed E-state index contributed by atoms with van der Waals surface area (Å²) in [4.78, 5) is 21.2. The van der Waals surface area contributed by atoms with Gasteiger partial charge in [0.15, 0.2) is 0 Å². The average molecular weight is 286 g/mol. The number of hydrogen-bond acceptors (Lipinski definition) is 4. The van der Waals surface area contributed by atoms with Crippen molar-refractivity contribution < 1.29 is 14.8 Å². The highest BCUT2D eigenvalue weighted by Gasteiger charge is 2.10. The highest BCUT2D eigenvalue weighted by atomic mass is 16.6. The summed E-state index contributed by atoms with van der Waals surface area (Å²) >= 11 is 0. The summed E-state index contributed by atoms with van der Waals surface area (Å²) in [5.41, 5.74) is 2.47. The van der Waals surface area contributed by atoms with E-state index in [0.29, 0.717) is 12.1 Å². The monoisotopic (exact) mass is 286 g/mol. The Labute approximate surface area is 121 Å². The van der Waals surface area contributed by atoms with Crippen LogP contribution in [0, 0.1) is 17.0 Å². The van der Waals surface area contributed by atoms with E-state index >= 15 is 0 Å². The van der Waals surface area contributed by atoms with Crippen LogP contribution in [0.3, 0.4) is 0 Å². The van der Waals surface area contributed by atoms with Gasteiger partial charge in [-0.25, -0.2) is 4.79 Å². The molecule has 6 nitrogen and oxygen atoms in total. The van der Waals surface area contributed by atoms with Crippen molar-refractivity contribution in [3.05, 3.63) is 69.3 Å². The molecule has 0 aliphatic rings. The molecule has 0 saturated heterocycles. The first kappa shape index (κ1) is 14.5. The van der Waals surface area contributed by atoms with Gasteiger partial charge >= 0.3 is 5.97 Å². The smallest absolute Gasteiger partial charge is 0.335 e. The molecule has 108 valence electrons. The lowest BCUT2D eigenvalue weighted by molar-refractivity contribution is -0.385. The maximum absolute atomic E-state index is 10.9. The summed E-state index contributed by atoms with van der Waals surface area (Å²) in [7, 11) is 0. The second kappa shape index (κ2) is 6.04. The van der Waals surface area contributed by atoms with Gasteiger partial charge in [-0.3, -0.25) is 10.1 Å². The van der Waals surface area contributed by atoms with Crippen LogP contribution in [0.15, 0.2) is 42.5 Å². The van der Waals surface area contributed by atoms with Gasteiger partial charge in [0.1, 0.15) is 0 Å². The van der Waals surface area contributed by atoms with Crippen molar-refractivity contribution in [3.63, 3.8) is 0 Å². The van der Waals surface area contributed by atoms with Gasteiger partial charge < -0.3 is 10.4 Å². The van der Waals surface area contributed by atoms with E-state index in [4.69, 9.17) is 5.11 Å². The Morgan fingerprint density at radius 3 is 2.48 bits per heavy atom. The Hall–Kier alpha value is -2.89. The van der Waals surface area contributed by atoms with E-state index < -0.39 is 10.9 Å². The Morgan fingerprint density at radius 2 is 1.90 bits per heavy atom. The van der Waals surface area contributed by atoms with Crippen molar-refractivity contribution in [2.75, 3.05) is 5.32 Å². The molecule has 2 aromatic carbocycles. The number of nitro groups is 1. The number of nitrogens with one attached hydrogen (secondary N) is 1. The average Bonchev–Trinajstić information content (AvgIpc) is 2.46. The number of carboxylic acids is 1. The normalized spacial score (nSPS) is 10.1. The molecule has 0 bridgehead atoms. The van der Waals surface area contributed by atoms with Gasteiger partial charge in [0.05, 0.1) is 10.5 Å². The molecule has 0 atom stereocenters. The highest BCUT2D eigenvalue weighted by molar-refractivity contribution is 5.87. The highest BCUT2D eigenvalue weighted by Crippen LogP contribution is 2.20. The fraction of sp³-hybridized carbons (Fsp3) is 0.133. The predicted molar refractivity (Wildman–Crippen MR) is 78.6 cm³/mol. The summed E-state index contributed by atoms with van der Waals surface area (Å²) in [5.74, 6) is -0.976. The molecule has 0 aromatic heterocycles. The molecule has 2 aromatic rings. The number of nitrogens with zero attached hydrogens (tertiary/aromatic N) is 1. The molecule has 0 radical (unpaired) electrons. The summed E-state index contributed by atoms with van der Waals surface area (Å²) in [5, 5.41) is 22.8. The third kappa shape index (κ3) is 3.56. The SMILES string of the molecule is Cc1ccc(CNc2ccc(C(=O)O)cc2)cc1[N+](=O)[O-]. The van der Waals surface area contributed by atoms with Crippen molar-refractivity contribution in [1.29, 1.82) is 0 Å². The van der Waals surface area contributed by atoms with Crippen LogP contribution in [-0.4, -0.2) is 16.0 Å². The second-order valence-electron chi connectivity index (χ2n) is 4.61. The van der Waals surface area contributed by atoms with Gasteiger partial charge in [-0.1, -0.05) is 12.1 Å². The fourth-order valence-electron chi connectivity index (χ4n) is 1.90. The van der Waals surface area contributed by atoms with Gasteiger partial charge in [0.25, 0.3) is 5.69 Å². The summed E-state index contributed by atoms with van der Waals surface area (Å²) in [6, 6.07) is 11.4. The van der Waals surface area contributed by atoms with Crippen LogP contribution in [0.5, 0.6) is 0 Å². The van der Waals surface area contributed by atoms with Gasteiger partial charge in [-0.2, -0.15) is 0 Å². The number of aromatic carboxylic acids is 1. The number of benzene rings is 2. The topological polar surface area (TPSA) is 92.5 Å². The van der Waals surface area contributed by atoms with Gasteiger partial charge in [0.2, 0.25) is 0 Å². The molecule has 6 heteroatoms. The van der Waals surface area contributed by atoms with E-state index in [0.717, 1.165) is 11.3 Å². The Kier molecular flexibility index (Phi) is 4.18. The van der Waals surface area contributed by atoms with E-state index in [-0.39, 0.29) is 11.3 Å². The van der Waals surface area contributed by atoms with E-state index in [2.05, 4.69) is 5.32 Å². The first-order valence-electron chi connectivity index (χ1n) is 6.28. The minimum absolute atomic E-state index is 0.0931. The third-order valence-corrected chi connectivity index (χ3v) is 3.10. The van der Waals surface area contributed by atoms with E-state index in [9.17, 15) is 14.9 Å². The van der Waals surface area contributed by atoms with Crippen LogP contribution in [-0.2, 0) is 6.54 Å². The molecule has 0 aliphatic heterocycles. The Balaban J connectivity index is 2.07. The lowest BCUT2D eigenvalue weighted by Gasteiger charge is -2.07. The molecule has 2 N–H and O–H groups in total. The van der Waals surface area contributed by atoms with Crippen LogP contribution < -0.4 is 5.32 Å². The van der Waals surface area contributed by atoms with Crippen LogP contribution in [0.2, 0.25) is 0 Å². The van der Waals surface area contributed by atoms with Crippen molar-refractivity contribution >= 4 is 17.3 Å². The Bertz CT molecular complexity index is 681. The molecule has 0 heterocycles. The van der Waals surface area contributed by atoms with Crippen LogP contribution in [0.4, 0.5) is 11.4 Å². The molecule has 0 saturated carbocycles. The number of rotatable bonds is 5. The molecular weight excluding hydrogens is 272 g/mol. The quantitative estimate of drug-likeness (QED) is 0.650. The molecule has 21 heavy (non-hydrogen) atoms. The summed E-state index contributed by atoms with van der Waals surface area (Å²) < 4.78 is 0. The molecule has 0 unspecified atom stereocenters. The standard InChI is InChI=1S/C15H14N2O4/c1-10-2-3-11(8-14(10)17(20)21)9-16-13-6-4-12(5-7-13)15(18)19/h2-8,16H,9H2,1H3,(H,18,19). The summed E-state index contributed by atoms with van der Waals surface area (Å²) in [6.45, 7) is 2.12. The number of nitro benzene ring substituents is 1. The van der Waals surface area contributed by atoms with E-state index in [1.807, 2.05) is 6.07 Å². The molecule has 2 rings (SSSR count).